The van der Waals surface area contributed by atoms with E-state index in [1.54, 1.807) is 0 Å². The van der Waals surface area contributed by atoms with Crippen molar-refractivity contribution in [3.63, 3.8) is 0 Å². The molecule has 0 aliphatic carbocycles. The summed E-state index contributed by atoms with van der Waals surface area (Å²) >= 11 is 0. The second-order valence-corrected chi connectivity index (χ2v) is 3.12. The summed E-state index contributed by atoms with van der Waals surface area (Å²) in [5.74, 6) is 0. The van der Waals surface area contributed by atoms with Crippen molar-refractivity contribution in [3.8, 4) is 0 Å². The van der Waals surface area contributed by atoms with E-state index in [1.165, 1.54) is 25.1 Å². The zero-order chi connectivity index (χ0) is 8.23. The fourth-order valence-corrected chi connectivity index (χ4v) is 1.25. The SMILES string of the molecule is C(=CN1CCC1)c1ccccc1. The quantitative estimate of drug-likeness (QED) is 0.640. The van der Waals surface area contributed by atoms with Gasteiger partial charge in [0.1, 0.15) is 0 Å². The van der Waals surface area contributed by atoms with Gasteiger partial charge in [-0.05, 0) is 24.3 Å². The molecule has 0 aromatic heterocycles. The molecule has 1 aliphatic heterocycles. The van der Waals surface area contributed by atoms with Gasteiger partial charge in [-0.15, -0.1) is 0 Å². The second kappa shape index (κ2) is 3.44. The maximum absolute atomic E-state index is 2.33. The monoisotopic (exact) mass is 159 g/mol. The third-order valence-corrected chi connectivity index (χ3v) is 2.17. The van der Waals surface area contributed by atoms with Crippen LogP contribution in [-0.2, 0) is 0 Å². The molecule has 1 fully saturated rings. The van der Waals surface area contributed by atoms with E-state index in [-0.39, 0.29) is 0 Å². The van der Waals surface area contributed by atoms with Gasteiger partial charge < -0.3 is 4.90 Å². The summed E-state index contributed by atoms with van der Waals surface area (Å²) in [6, 6.07) is 10.4. The Hall–Kier alpha value is -1.24. The van der Waals surface area contributed by atoms with Crippen molar-refractivity contribution >= 4 is 6.08 Å². The molecule has 2 rings (SSSR count). The molecule has 1 heterocycles. The fourth-order valence-electron chi connectivity index (χ4n) is 1.25. The van der Waals surface area contributed by atoms with Gasteiger partial charge in [0, 0.05) is 13.1 Å². The molecule has 1 saturated heterocycles. The lowest BCUT2D eigenvalue weighted by molar-refractivity contribution is 0.265. The molecule has 1 aromatic rings. The van der Waals surface area contributed by atoms with E-state index in [0.29, 0.717) is 0 Å². The summed E-state index contributed by atoms with van der Waals surface area (Å²) in [6.07, 6.45) is 5.69. The van der Waals surface area contributed by atoms with Crippen molar-refractivity contribution in [2.45, 2.75) is 6.42 Å². The van der Waals surface area contributed by atoms with Crippen LogP contribution >= 0.6 is 0 Å². The van der Waals surface area contributed by atoms with E-state index < -0.39 is 0 Å². The van der Waals surface area contributed by atoms with Gasteiger partial charge >= 0.3 is 0 Å². The molecule has 0 atom stereocenters. The van der Waals surface area contributed by atoms with Gasteiger partial charge in [0.2, 0.25) is 0 Å². The molecule has 0 N–H and O–H groups in total. The van der Waals surface area contributed by atoms with Gasteiger partial charge in [-0.1, -0.05) is 30.3 Å². The first-order valence-electron chi connectivity index (χ1n) is 4.42. The van der Waals surface area contributed by atoms with Gasteiger partial charge in [0.15, 0.2) is 0 Å². The minimum Gasteiger partial charge on any atom is -0.377 e. The normalized spacial score (nSPS) is 16.5. The molecule has 1 nitrogen and oxygen atoms in total. The maximum Gasteiger partial charge on any atom is 0.0189 e. The van der Waals surface area contributed by atoms with Crippen molar-refractivity contribution < 1.29 is 0 Å². The lowest BCUT2D eigenvalue weighted by atomic mass is 10.2. The first kappa shape index (κ1) is 7.41. The number of benzene rings is 1. The molecule has 0 unspecified atom stereocenters. The Balaban J connectivity index is 1.98. The molecule has 1 aliphatic rings. The van der Waals surface area contributed by atoms with Crippen LogP contribution < -0.4 is 0 Å². The van der Waals surface area contributed by atoms with E-state index in [9.17, 15) is 0 Å². The highest BCUT2D eigenvalue weighted by Crippen LogP contribution is 2.08. The molecule has 12 heavy (non-hydrogen) atoms. The number of rotatable bonds is 2. The van der Waals surface area contributed by atoms with Crippen molar-refractivity contribution in [3.05, 3.63) is 42.1 Å². The van der Waals surface area contributed by atoms with Crippen LogP contribution in [0.4, 0.5) is 0 Å². The molecule has 1 aromatic carbocycles. The average molecular weight is 159 g/mol. The van der Waals surface area contributed by atoms with Crippen LogP contribution in [0.15, 0.2) is 36.5 Å². The van der Waals surface area contributed by atoms with Crippen LogP contribution in [0.25, 0.3) is 6.08 Å². The molecule has 62 valence electrons. The summed E-state index contributed by atoms with van der Waals surface area (Å²) in [7, 11) is 0. The summed E-state index contributed by atoms with van der Waals surface area (Å²) in [4.78, 5) is 2.33. The van der Waals surface area contributed by atoms with Gasteiger partial charge in [0.05, 0.1) is 0 Å². The van der Waals surface area contributed by atoms with Crippen LogP contribution in [0, 0.1) is 0 Å². The molecule has 1 heteroatoms. The lowest BCUT2D eigenvalue weighted by Gasteiger charge is -2.29. The van der Waals surface area contributed by atoms with Gasteiger partial charge in [-0.3, -0.25) is 0 Å². The standard InChI is InChI=1S/C11H13N/c1-2-5-11(6-3-1)7-10-12-8-4-9-12/h1-3,5-7,10H,4,8-9H2. The number of likely N-dealkylation sites (tertiary alicyclic amines) is 1. The fraction of sp³-hybridized carbons (Fsp3) is 0.273. The second-order valence-electron chi connectivity index (χ2n) is 3.12. The number of hydrogen-bond donors (Lipinski definition) is 0. The summed E-state index contributed by atoms with van der Waals surface area (Å²) in [6.45, 7) is 2.45. The predicted molar refractivity (Wildman–Crippen MR) is 51.7 cm³/mol. The van der Waals surface area contributed by atoms with Crippen LogP contribution in [-0.4, -0.2) is 18.0 Å². The largest absolute Gasteiger partial charge is 0.377 e. The van der Waals surface area contributed by atoms with Crippen LogP contribution in [0.1, 0.15) is 12.0 Å². The summed E-state index contributed by atoms with van der Waals surface area (Å²) in [5.41, 5.74) is 1.28. The highest BCUT2D eigenvalue weighted by atomic mass is 15.1. The zero-order valence-corrected chi connectivity index (χ0v) is 7.11. The Bertz CT molecular complexity index is 260. The average Bonchev–Trinajstić information content (AvgIpc) is 2.04. The van der Waals surface area contributed by atoms with E-state index in [2.05, 4.69) is 41.4 Å². The van der Waals surface area contributed by atoms with E-state index in [4.69, 9.17) is 0 Å². The Labute approximate surface area is 73.3 Å². The van der Waals surface area contributed by atoms with E-state index in [0.717, 1.165) is 0 Å². The molecular formula is C11H13N. The van der Waals surface area contributed by atoms with E-state index >= 15 is 0 Å². The van der Waals surface area contributed by atoms with Gasteiger partial charge in [-0.25, -0.2) is 0 Å². The molecular weight excluding hydrogens is 146 g/mol. The number of hydrogen-bond acceptors (Lipinski definition) is 1. The van der Waals surface area contributed by atoms with Crippen LogP contribution in [0.3, 0.4) is 0 Å². The third kappa shape index (κ3) is 1.67. The smallest absolute Gasteiger partial charge is 0.0189 e. The van der Waals surface area contributed by atoms with Gasteiger partial charge in [0.25, 0.3) is 0 Å². The lowest BCUT2D eigenvalue weighted by Crippen LogP contribution is -2.31. The Kier molecular flexibility index (Phi) is 2.12. The zero-order valence-electron chi connectivity index (χ0n) is 7.11. The van der Waals surface area contributed by atoms with Crippen LogP contribution in [0.2, 0.25) is 0 Å². The predicted octanol–water partition coefficient (Wildman–Crippen LogP) is 2.36. The number of nitrogens with zero attached hydrogens (tertiary/aromatic N) is 1. The van der Waals surface area contributed by atoms with Crippen molar-refractivity contribution in [1.29, 1.82) is 0 Å². The van der Waals surface area contributed by atoms with Crippen molar-refractivity contribution in [2.75, 3.05) is 13.1 Å². The molecule has 0 saturated carbocycles. The molecule has 0 amide bonds. The van der Waals surface area contributed by atoms with Crippen molar-refractivity contribution in [1.82, 2.24) is 4.90 Å². The summed E-state index contributed by atoms with van der Waals surface area (Å²) < 4.78 is 0. The topological polar surface area (TPSA) is 3.24 Å². The maximum atomic E-state index is 2.33. The molecule has 0 bridgehead atoms. The Morgan fingerprint density at radius 3 is 2.42 bits per heavy atom. The van der Waals surface area contributed by atoms with Crippen LogP contribution in [0.5, 0.6) is 0 Å². The molecule has 0 spiro atoms. The first-order valence-corrected chi connectivity index (χ1v) is 4.42. The summed E-state index contributed by atoms with van der Waals surface area (Å²) in [5, 5.41) is 0. The minimum absolute atomic E-state index is 1.23. The first-order chi connectivity index (χ1) is 5.95. The van der Waals surface area contributed by atoms with E-state index in [1.807, 2.05) is 6.07 Å². The minimum atomic E-state index is 1.23. The highest BCUT2D eigenvalue weighted by molar-refractivity contribution is 5.48. The molecule has 0 radical (unpaired) electrons. The Morgan fingerprint density at radius 1 is 1.08 bits per heavy atom. The highest BCUT2D eigenvalue weighted by Gasteiger charge is 2.07. The third-order valence-electron chi connectivity index (χ3n) is 2.17. The van der Waals surface area contributed by atoms with Crippen molar-refractivity contribution in [2.24, 2.45) is 0 Å². The van der Waals surface area contributed by atoms with Gasteiger partial charge in [-0.2, -0.15) is 0 Å². The Morgan fingerprint density at radius 2 is 1.83 bits per heavy atom.